The van der Waals surface area contributed by atoms with E-state index < -0.39 is 5.97 Å². The van der Waals surface area contributed by atoms with E-state index >= 15 is 0 Å². The van der Waals surface area contributed by atoms with Crippen molar-refractivity contribution in [2.75, 3.05) is 0 Å². The zero-order valence-electron chi connectivity index (χ0n) is 11.4. The van der Waals surface area contributed by atoms with Crippen molar-refractivity contribution in [3.8, 4) is 0 Å². The molecule has 0 atom stereocenters. The van der Waals surface area contributed by atoms with Gasteiger partial charge in [-0.2, -0.15) is 0 Å². The van der Waals surface area contributed by atoms with E-state index in [0.717, 1.165) is 14.9 Å². The molecule has 0 fully saturated rings. The maximum absolute atomic E-state index is 12.1. The number of aliphatic carboxylic acids is 1. The van der Waals surface area contributed by atoms with Gasteiger partial charge in [0.2, 0.25) is 0 Å². The Morgan fingerprint density at radius 1 is 1.29 bits per heavy atom. The van der Waals surface area contributed by atoms with Crippen molar-refractivity contribution in [3.63, 3.8) is 0 Å². The largest absolute Gasteiger partial charge is 0.481 e. The van der Waals surface area contributed by atoms with Crippen LogP contribution >= 0.6 is 27.3 Å². The second-order valence-corrected chi connectivity index (χ2v) is 6.96. The Bertz CT molecular complexity index is 662. The minimum atomic E-state index is -0.883. The summed E-state index contributed by atoms with van der Waals surface area (Å²) >= 11 is 4.78. The van der Waals surface area contributed by atoms with E-state index in [-0.39, 0.29) is 12.3 Å². The third-order valence-corrected chi connectivity index (χ3v) is 5.12. The number of carboxylic acid groups (broad SMARTS) is 1. The summed E-state index contributed by atoms with van der Waals surface area (Å²) in [7, 11) is 0. The van der Waals surface area contributed by atoms with Crippen molar-refractivity contribution in [1.82, 2.24) is 5.32 Å². The van der Waals surface area contributed by atoms with Gasteiger partial charge in [0, 0.05) is 6.54 Å². The Labute approximate surface area is 134 Å². The van der Waals surface area contributed by atoms with Crippen LogP contribution in [0.4, 0.5) is 0 Å². The van der Waals surface area contributed by atoms with E-state index in [0.29, 0.717) is 17.0 Å². The number of carboxylic acids is 1. The first-order valence-electron chi connectivity index (χ1n) is 6.30. The summed E-state index contributed by atoms with van der Waals surface area (Å²) in [6, 6.07) is 9.05. The van der Waals surface area contributed by atoms with Crippen LogP contribution in [0.3, 0.4) is 0 Å². The number of aryl methyl sites for hydroxylation is 1. The standard InChI is InChI=1S/C15H14BrNO3S/c1-9-6-12(21-14(9)16)15(20)17-8-11-5-3-2-4-10(11)7-13(18)19/h2-6H,7-8H2,1H3,(H,17,20)(H,18,19). The molecule has 0 aliphatic carbocycles. The molecular weight excluding hydrogens is 354 g/mol. The Morgan fingerprint density at radius 2 is 1.95 bits per heavy atom. The molecule has 21 heavy (non-hydrogen) atoms. The molecule has 1 amide bonds. The van der Waals surface area contributed by atoms with Gasteiger partial charge in [0.1, 0.15) is 0 Å². The van der Waals surface area contributed by atoms with Gasteiger partial charge in [-0.1, -0.05) is 24.3 Å². The predicted molar refractivity (Wildman–Crippen MR) is 85.7 cm³/mol. The third kappa shape index (κ3) is 4.15. The minimum absolute atomic E-state index is 0.0459. The third-order valence-electron chi connectivity index (χ3n) is 2.98. The van der Waals surface area contributed by atoms with Crippen LogP contribution in [-0.4, -0.2) is 17.0 Å². The van der Waals surface area contributed by atoms with Gasteiger partial charge in [-0.25, -0.2) is 0 Å². The summed E-state index contributed by atoms with van der Waals surface area (Å²) in [5.74, 6) is -1.04. The van der Waals surface area contributed by atoms with Gasteiger partial charge in [0.05, 0.1) is 15.1 Å². The molecule has 0 saturated carbocycles. The lowest BCUT2D eigenvalue weighted by Gasteiger charge is -2.08. The number of thiophene rings is 1. The number of rotatable bonds is 5. The number of amides is 1. The maximum Gasteiger partial charge on any atom is 0.307 e. The normalized spacial score (nSPS) is 10.4. The summed E-state index contributed by atoms with van der Waals surface area (Å²) in [4.78, 5) is 23.5. The molecule has 0 aliphatic rings. The zero-order chi connectivity index (χ0) is 15.4. The molecule has 0 bridgehead atoms. The number of halogens is 1. The highest BCUT2D eigenvalue weighted by molar-refractivity contribution is 9.11. The Kier molecular flexibility index (Phi) is 5.14. The molecule has 0 aliphatic heterocycles. The monoisotopic (exact) mass is 367 g/mol. The van der Waals surface area contributed by atoms with Gasteiger partial charge in [-0.05, 0) is 45.6 Å². The van der Waals surface area contributed by atoms with Crippen LogP contribution in [-0.2, 0) is 17.8 Å². The molecule has 0 unspecified atom stereocenters. The molecule has 0 radical (unpaired) electrons. The first-order chi connectivity index (χ1) is 9.97. The van der Waals surface area contributed by atoms with Gasteiger partial charge >= 0.3 is 5.97 Å². The van der Waals surface area contributed by atoms with Crippen LogP contribution in [0, 0.1) is 6.92 Å². The molecule has 6 heteroatoms. The fraction of sp³-hybridized carbons (Fsp3) is 0.200. The average molecular weight is 368 g/mol. The van der Waals surface area contributed by atoms with E-state index in [1.165, 1.54) is 11.3 Å². The number of carbonyl (C=O) groups is 2. The summed E-state index contributed by atoms with van der Waals surface area (Å²) in [6.07, 6.45) is -0.0459. The zero-order valence-corrected chi connectivity index (χ0v) is 13.8. The van der Waals surface area contributed by atoms with Gasteiger partial charge in [0.25, 0.3) is 5.91 Å². The van der Waals surface area contributed by atoms with Gasteiger partial charge in [-0.15, -0.1) is 11.3 Å². The molecule has 2 aromatic rings. The molecule has 2 rings (SSSR count). The van der Waals surface area contributed by atoms with Crippen LogP contribution in [0.1, 0.15) is 26.4 Å². The number of benzene rings is 1. The van der Waals surface area contributed by atoms with Crippen molar-refractivity contribution >= 4 is 39.1 Å². The molecule has 2 N–H and O–H groups in total. The lowest BCUT2D eigenvalue weighted by molar-refractivity contribution is -0.136. The molecule has 4 nitrogen and oxygen atoms in total. The summed E-state index contributed by atoms with van der Waals surface area (Å²) in [6.45, 7) is 2.25. The van der Waals surface area contributed by atoms with Gasteiger partial charge < -0.3 is 10.4 Å². The lowest BCUT2D eigenvalue weighted by atomic mass is 10.0. The van der Waals surface area contributed by atoms with Crippen molar-refractivity contribution in [2.24, 2.45) is 0 Å². The van der Waals surface area contributed by atoms with Gasteiger partial charge in [-0.3, -0.25) is 9.59 Å². The molecule has 1 aromatic heterocycles. The van der Waals surface area contributed by atoms with E-state index in [1.54, 1.807) is 12.1 Å². The molecule has 0 saturated heterocycles. The topological polar surface area (TPSA) is 66.4 Å². The fourth-order valence-corrected chi connectivity index (χ4v) is 3.35. The second kappa shape index (κ2) is 6.87. The highest BCUT2D eigenvalue weighted by Gasteiger charge is 2.12. The van der Waals surface area contributed by atoms with Crippen LogP contribution in [0.25, 0.3) is 0 Å². The average Bonchev–Trinajstić information content (AvgIpc) is 2.77. The van der Waals surface area contributed by atoms with Crippen LogP contribution in [0.15, 0.2) is 34.1 Å². The van der Waals surface area contributed by atoms with Crippen LogP contribution in [0.5, 0.6) is 0 Å². The van der Waals surface area contributed by atoms with Crippen molar-refractivity contribution in [1.29, 1.82) is 0 Å². The van der Waals surface area contributed by atoms with Crippen LogP contribution < -0.4 is 5.32 Å². The van der Waals surface area contributed by atoms with E-state index in [4.69, 9.17) is 5.11 Å². The molecule has 110 valence electrons. The molecular formula is C15H14BrNO3S. The summed E-state index contributed by atoms with van der Waals surface area (Å²) < 4.78 is 0.943. The number of hydrogen-bond acceptors (Lipinski definition) is 3. The fourth-order valence-electron chi connectivity index (χ4n) is 1.90. The van der Waals surface area contributed by atoms with E-state index in [9.17, 15) is 9.59 Å². The smallest absolute Gasteiger partial charge is 0.307 e. The number of nitrogens with one attached hydrogen (secondary N) is 1. The van der Waals surface area contributed by atoms with E-state index in [1.807, 2.05) is 25.1 Å². The highest BCUT2D eigenvalue weighted by atomic mass is 79.9. The highest BCUT2D eigenvalue weighted by Crippen LogP contribution is 2.27. The molecule has 1 aromatic carbocycles. The Hall–Kier alpha value is -1.66. The lowest BCUT2D eigenvalue weighted by Crippen LogP contribution is -2.22. The first kappa shape index (κ1) is 15.7. The Morgan fingerprint density at radius 3 is 2.52 bits per heavy atom. The van der Waals surface area contributed by atoms with Crippen molar-refractivity contribution < 1.29 is 14.7 Å². The predicted octanol–water partition coefficient (Wildman–Crippen LogP) is 3.38. The second-order valence-electron chi connectivity index (χ2n) is 4.59. The molecule has 1 heterocycles. The van der Waals surface area contributed by atoms with Crippen molar-refractivity contribution in [2.45, 2.75) is 19.9 Å². The van der Waals surface area contributed by atoms with Crippen molar-refractivity contribution in [3.05, 3.63) is 55.7 Å². The van der Waals surface area contributed by atoms with E-state index in [2.05, 4.69) is 21.2 Å². The summed E-state index contributed by atoms with van der Waals surface area (Å²) in [5, 5.41) is 11.7. The van der Waals surface area contributed by atoms with Crippen LogP contribution in [0.2, 0.25) is 0 Å². The SMILES string of the molecule is Cc1cc(C(=O)NCc2ccccc2CC(=O)O)sc1Br. The summed E-state index contributed by atoms with van der Waals surface area (Å²) in [5.41, 5.74) is 2.56. The maximum atomic E-state index is 12.1. The minimum Gasteiger partial charge on any atom is -0.481 e. The Balaban J connectivity index is 2.06. The quantitative estimate of drug-likeness (QED) is 0.851. The number of hydrogen-bond donors (Lipinski definition) is 2. The number of carbonyl (C=O) groups excluding carboxylic acids is 1. The first-order valence-corrected chi connectivity index (χ1v) is 7.91. The van der Waals surface area contributed by atoms with Gasteiger partial charge in [0.15, 0.2) is 0 Å². The molecule has 0 spiro atoms.